The monoisotopic (exact) mass is 396 g/mol. The maximum Gasteiger partial charge on any atom is 0.0594 e. The number of nitrogens with one attached hydrogen (secondary N) is 1. The van der Waals surface area contributed by atoms with Crippen LogP contribution in [0.3, 0.4) is 0 Å². The van der Waals surface area contributed by atoms with Gasteiger partial charge in [-0.15, -0.1) is 0 Å². The van der Waals surface area contributed by atoms with E-state index < -0.39 is 0 Å². The second kappa shape index (κ2) is 21.6. The number of nitrogens with zero attached hydrogens (tertiary/aromatic N) is 1. The third kappa shape index (κ3) is 17.9. The Morgan fingerprint density at radius 1 is 0.571 bits per heavy atom. The van der Waals surface area contributed by atoms with E-state index in [0.29, 0.717) is 0 Å². The predicted octanol–water partition coefficient (Wildman–Crippen LogP) is 6.56. The highest BCUT2D eigenvalue weighted by Crippen LogP contribution is 2.13. The number of unbranched alkanes of at least 4 members (excludes halogenated alkanes) is 15. The van der Waals surface area contributed by atoms with Crippen molar-refractivity contribution in [3.8, 4) is 0 Å². The molecule has 0 aromatic heterocycles. The molecule has 1 aliphatic rings. The largest absolute Gasteiger partial charge is 0.379 e. The van der Waals surface area contributed by atoms with Gasteiger partial charge in [0.05, 0.1) is 13.2 Å². The van der Waals surface area contributed by atoms with Gasteiger partial charge in [-0.3, -0.25) is 4.90 Å². The molecule has 0 radical (unpaired) electrons. The summed E-state index contributed by atoms with van der Waals surface area (Å²) in [6, 6.07) is 0. The molecule has 0 unspecified atom stereocenters. The summed E-state index contributed by atoms with van der Waals surface area (Å²) in [6.45, 7) is 10.0. The molecule has 0 atom stereocenters. The molecule has 1 rings (SSSR count). The van der Waals surface area contributed by atoms with Gasteiger partial charge in [-0.2, -0.15) is 0 Å². The first-order chi connectivity index (χ1) is 13.9. The summed E-state index contributed by atoms with van der Waals surface area (Å²) < 4.78 is 5.39. The Balaban J connectivity index is 1.64. The molecule has 1 saturated heterocycles. The number of ether oxygens (including phenoxy) is 1. The van der Waals surface area contributed by atoms with Crippen LogP contribution >= 0.6 is 0 Å². The molecule has 28 heavy (non-hydrogen) atoms. The van der Waals surface area contributed by atoms with Crippen molar-refractivity contribution < 1.29 is 4.74 Å². The summed E-state index contributed by atoms with van der Waals surface area (Å²) in [5.41, 5.74) is 0. The van der Waals surface area contributed by atoms with E-state index in [9.17, 15) is 0 Å². The smallest absolute Gasteiger partial charge is 0.0594 e. The molecule has 0 bridgehead atoms. The Bertz CT molecular complexity index is 292. The van der Waals surface area contributed by atoms with Gasteiger partial charge in [0.2, 0.25) is 0 Å². The highest BCUT2D eigenvalue weighted by Gasteiger charge is 2.08. The minimum absolute atomic E-state index is 0.923. The summed E-state index contributed by atoms with van der Waals surface area (Å²) in [6.07, 6.45) is 24.5. The molecule has 1 heterocycles. The van der Waals surface area contributed by atoms with Gasteiger partial charge < -0.3 is 10.1 Å². The topological polar surface area (TPSA) is 24.5 Å². The Morgan fingerprint density at radius 2 is 1.00 bits per heavy atom. The fourth-order valence-electron chi connectivity index (χ4n) is 4.18. The van der Waals surface area contributed by atoms with Gasteiger partial charge >= 0.3 is 0 Å². The van der Waals surface area contributed by atoms with Crippen molar-refractivity contribution in [2.24, 2.45) is 0 Å². The quantitative estimate of drug-likeness (QED) is 0.222. The molecule has 1 N–H and O–H groups in total. The molecule has 168 valence electrons. The summed E-state index contributed by atoms with van der Waals surface area (Å²) in [5, 5.41) is 3.62. The van der Waals surface area contributed by atoms with Gasteiger partial charge in [-0.25, -0.2) is 0 Å². The van der Waals surface area contributed by atoms with Gasteiger partial charge in [0.25, 0.3) is 0 Å². The first-order valence-corrected chi connectivity index (χ1v) is 12.9. The van der Waals surface area contributed by atoms with Gasteiger partial charge in [-0.05, 0) is 32.5 Å². The van der Waals surface area contributed by atoms with Crippen LogP contribution in [0, 0.1) is 0 Å². The zero-order chi connectivity index (χ0) is 20.0. The van der Waals surface area contributed by atoms with Crippen LogP contribution in [0.25, 0.3) is 0 Å². The van der Waals surface area contributed by atoms with Crippen molar-refractivity contribution in [2.45, 2.75) is 116 Å². The maximum atomic E-state index is 5.39. The van der Waals surface area contributed by atoms with Crippen LogP contribution in [0.1, 0.15) is 116 Å². The highest BCUT2D eigenvalue weighted by atomic mass is 16.5. The molecule has 0 saturated carbocycles. The van der Waals surface area contributed by atoms with Crippen molar-refractivity contribution in [2.75, 3.05) is 45.9 Å². The summed E-state index contributed by atoms with van der Waals surface area (Å²) in [7, 11) is 0. The van der Waals surface area contributed by atoms with Gasteiger partial charge in [-0.1, -0.05) is 103 Å². The SMILES string of the molecule is CCCCCCCCCCCCCCCCCCNCCCN1CCOCC1. The molecule has 3 nitrogen and oxygen atoms in total. The van der Waals surface area contributed by atoms with E-state index in [2.05, 4.69) is 17.1 Å². The van der Waals surface area contributed by atoms with Crippen molar-refractivity contribution in [1.82, 2.24) is 10.2 Å². The molecule has 0 aromatic rings. The average molecular weight is 397 g/mol. The zero-order valence-electron chi connectivity index (χ0n) is 19.3. The van der Waals surface area contributed by atoms with E-state index >= 15 is 0 Å². The van der Waals surface area contributed by atoms with E-state index in [1.807, 2.05) is 0 Å². The lowest BCUT2D eigenvalue weighted by molar-refractivity contribution is 0.0374. The minimum Gasteiger partial charge on any atom is -0.379 e. The van der Waals surface area contributed by atoms with Crippen LogP contribution in [-0.4, -0.2) is 50.8 Å². The lowest BCUT2D eigenvalue weighted by atomic mass is 10.0. The molecule has 0 aliphatic carbocycles. The average Bonchev–Trinajstić information content (AvgIpc) is 2.73. The summed E-state index contributed by atoms with van der Waals surface area (Å²) in [5.74, 6) is 0. The third-order valence-electron chi connectivity index (χ3n) is 6.14. The number of hydrogen-bond donors (Lipinski definition) is 1. The van der Waals surface area contributed by atoms with E-state index in [0.717, 1.165) is 26.3 Å². The predicted molar refractivity (Wildman–Crippen MR) is 124 cm³/mol. The van der Waals surface area contributed by atoms with E-state index in [4.69, 9.17) is 4.74 Å². The Kier molecular flexibility index (Phi) is 20.0. The van der Waals surface area contributed by atoms with Gasteiger partial charge in [0.1, 0.15) is 0 Å². The normalized spacial score (nSPS) is 15.3. The molecule has 0 spiro atoms. The molecule has 1 aliphatic heterocycles. The molecular weight excluding hydrogens is 344 g/mol. The van der Waals surface area contributed by atoms with Crippen LogP contribution in [0.2, 0.25) is 0 Å². The van der Waals surface area contributed by atoms with Crippen molar-refractivity contribution in [1.29, 1.82) is 0 Å². The summed E-state index contributed by atoms with van der Waals surface area (Å²) >= 11 is 0. The Labute approximate surface area is 177 Å². The molecule has 1 fully saturated rings. The van der Waals surface area contributed by atoms with Crippen LogP contribution in [0.5, 0.6) is 0 Å². The van der Waals surface area contributed by atoms with Crippen molar-refractivity contribution in [3.05, 3.63) is 0 Å². The number of hydrogen-bond acceptors (Lipinski definition) is 3. The van der Waals surface area contributed by atoms with Gasteiger partial charge in [0, 0.05) is 13.1 Å². The fraction of sp³-hybridized carbons (Fsp3) is 1.00. The third-order valence-corrected chi connectivity index (χ3v) is 6.14. The van der Waals surface area contributed by atoms with Crippen LogP contribution in [0.15, 0.2) is 0 Å². The van der Waals surface area contributed by atoms with Crippen molar-refractivity contribution in [3.63, 3.8) is 0 Å². The first kappa shape index (κ1) is 25.9. The molecule has 0 aromatic carbocycles. The fourth-order valence-corrected chi connectivity index (χ4v) is 4.18. The minimum atomic E-state index is 0.923. The zero-order valence-corrected chi connectivity index (χ0v) is 19.3. The Hall–Kier alpha value is -0.120. The van der Waals surface area contributed by atoms with Gasteiger partial charge in [0.15, 0.2) is 0 Å². The summed E-state index contributed by atoms with van der Waals surface area (Å²) in [4.78, 5) is 2.53. The van der Waals surface area contributed by atoms with E-state index in [1.54, 1.807) is 0 Å². The van der Waals surface area contributed by atoms with Crippen LogP contribution in [-0.2, 0) is 4.74 Å². The maximum absolute atomic E-state index is 5.39. The van der Waals surface area contributed by atoms with Crippen molar-refractivity contribution >= 4 is 0 Å². The number of rotatable bonds is 21. The van der Waals surface area contributed by atoms with E-state index in [-0.39, 0.29) is 0 Å². The van der Waals surface area contributed by atoms with Crippen LogP contribution < -0.4 is 5.32 Å². The second-order valence-corrected chi connectivity index (χ2v) is 8.86. The lowest BCUT2D eigenvalue weighted by Crippen LogP contribution is -2.37. The standard InChI is InChI=1S/C25H52N2O/c1-2-3-4-5-6-7-8-9-10-11-12-13-14-15-16-17-19-26-20-18-21-27-22-24-28-25-23-27/h26H,2-25H2,1H3. The van der Waals surface area contributed by atoms with E-state index in [1.165, 1.54) is 129 Å². The lowest BCUT2D eigenvalue weighted by Gasteiger charge is -2.26. The first-order valence-electron chi connectivity index (χ1n) is 12.9. The second-order valence-electron chi connectivity index (χ2n) is 8.86. The number of morpholine rings is 1. The van der Waals surface area contributed by atoms with Crippen LogP contribution in [0.4, 0.5) is 0 Å². The molecule has 0 amide bonds. The molecule has 3 heteroatoms. The Morgan fingerprint density at radius 3 is 1.50 bits per heavy atom. The highest BCUT2D eigenvalue weighted by molar-refractivity contribution is 4.62. The molecular formula is C25H52N2O.